The molecule has 0 rings (SSSR count). The van der Waals surface area contributed by atoms with E-state index in [9.17, 15) is 4.79 Å². The summed E-state index contributed by atoms with van der Waals surface area (Å²) < 4.78 is 0. The van der Waals surface area contributed by atoms with E-state index in [-0.39, 0.29) is 5.91 Å². The molecular formula is C8H19N3O. The maximum absolute atomic E-state index is 10.7. The van der Waals surface area contributed by atoms with Gasteiger partial charge in [0.2, 0.25) is 5.91 Å². The lowest BCUT2D eigenvalue weighted by Crippen LogP contribution is -2.33. The van der Waals surface area contributed by atoms with Crippen LogP contribution in [0, 0.1) is 0 Å². The average Bonchev–Trinajstić information content (AvgIpc) is 2.10. The predicted molar refractivity (Wildman–Crippen MR) is 50.1 cm³/mol. The lowest BCUT2D eigenvalue weighted by Gasteiger charge is -2.04. The van der Waals surface area contributed by atoms with Gasteiger partial charge in [0, 0.05) is 32.6 Å². The van der Waals surface area contributed by atoms with Crippen molar-refractivity contribution < 1.29 is 4.79 Å². The first-order chi connectivity index (χ1) is 5.81. The van der Waals surface area contributed by atoms with Crippen molar-refractivity contribution in [3.05, 3.63) is 0 Å². The number of hydrogen-bond acceptors (Lipinski definition) is 3. The lowest BCUT2D eigenvalue weighted by molar-refractivity contribution is -0.120. The number of rotatable bonds is 7. The number of nitrogens with one attached hydrogen (secondary N) is 3. The van der Waals surface area contributed by atoms with Gasteiger partial charge >= 0.3 is 0 Å². The van der Waals surface area contributed by atoms with E-state index in [1.54, 1.807) is 0 Å². The zero-order valence-corrected chi connectivity index (χ0v) is 7.94. The smallest absolute Gasteiger partial charge is 0.219 e. The Bertz CT molecular complexity index is 117. The molecule has 12 heavy (non-hydrogen) atoms. The molecule has 0 aromatic heterocycles. The molecule has 0 radical (unpaired) electrons. The van der Waals surface area contributed by atoms with Crippen LogP contribution in [-0.2, 0) is 4.79 Å². The zero-order chi connectivity index (χ0) is 9.23. The van der Waals surface area contributed by atoms with Gasteiger partial charge in [-0.3, -0.25) is 4.79 Å². The van der Waals surface area contributed by atoms with Crippen molar-refractivity contribution >= 4 is 5.91 Å². The molecule has 0 atom stereocenters. The van der Waals surface area contributed by atoms with Gasteiger partial charge in [-0.25, -0.2) is 0 Å². The Kier molecular flexibility index (Phi) is 8.05. The van der Waals surface area contributed by atoms with E-state index in [1.165, 1.54) is 0 Å². The molecule has 0 spiro atoms. The molecule has 1 amide bonds. The van der Waals surface area contributed by atoms with Crippen molar-refractivity contribution in [2.24, 2.45) is 0 Å². The summed E-state index contributed by atoms with van der Waals surface area (Å²) in [4.78, 5) is 10.7. The Balaban J connectivity index is 2.95. The van der Waals surface area contributed by atoms with Crippen molar-refractivity contribution in [2.75, 3.05) is 33.2 Å². The summed E-state index contributed by atoms with van der Waals surface area (Å²) in [5.41, 5.74) is 0. The van der Waals surface area contributed by atoms with E-state index in [0.29, 0.717) is 6.42 Å². The van der Waals surface area contributed by atoms with Crippen molar-refractivity contribution in [1.82, 2.24) is 16.0 Å². The van der Waals surface area contributed by atoms with E-state index < -0.39 is 0 Å². The van der Waals surface area contributed by atoms with Gasteiger partial charge in [-0.05, 0) is 7.05 Å². The standard InChI is InChI=1S/C8H19N3O/c1-3-8(12)11-7-6-10-5-4-9-2/h9-10H,3-7H2,1-2H3,(H,11,12). The van der Waals surface area contributed by atoms with Gasteiger partial charge < -0.3 is 16.0 Å². The molecule has 4 heteroatoms. The van der Waals surface area contributed by atoms with Crippen molar-refractivity contribution in [1.29, 1.82) is 0 Å². The van der Waals surface area contributed by atoms with Crippen LogP contribution < -0.4 is 16.0 Å². The molecule has 4 nitrogen and oxygen atoms in total. The van der Waals surface area contributed by atoms with Gasteiger partial charge in [0.1, 0.15) is 0 Å². The zero-order valence-electron chi connectivity index (χ0n) is 7.94. The first kappa shape index (κ1) is 11.4. The molecule has 0 aliphatic rings. The van der Waals surface area contributed by atoms with Crippen molar-refractivity contribution in [3.8, 4) is 0 Å². The molecule has 3 N–H and O–H groups in total. The molecular weight excluding hydrogens is 154 g/mol. The maximum Gasteiger partial charge on any atom is 0.219 e. The van der Waals surface area contributed by atoms with Crippen LogP contribution in [0.2, 0.25) is 0 Å². The molecule has 0 aromatic carbocycles. The van der Waals surface area contributed by atoms with Gasteiger partial charge in [0.15, 0.2) is 0 Å². The third-order valence-electron chi connectivity index (χ3n) is 1.50. The third kappa shape index (κ3) is 7.50. The molecule has 0 saturated carbocycles. The highest BCUT2D eigenvalue weighted by molar-refractivity contribution is 5.75. The topological polar surface area (TPSA) is 53.2 Å². The number of hydrogen-bond donors (Lipinski definition) is 3. The molecule has 0 fully saturated rings. The number of carbonyl (C=O) groups is 1. The summed E-state index contributed by atoms with van der Waals surface area (Å²) in [5, 5.41) is 9.00. The quantitative estimate of drug-likeness (QED) is 0.447. The minimum absolute atomic E-state index is 0.116. The molecule has 0 saturated heterocycles. The summed E-state index contributed by atoms with van der Waals surface area (Å²) in [6.45, 7) is 5.31. The van der Waals surface area contributed by atoms with E-state index in [1.807, 2.05) is 14.0 Å². The van der Waals surface area contributed by atoms with Crippen molar-refractivity contribution in [3.63, 3.8) is 0 Å². The summed E-state index contributed by atoms with van der Waals surface area (Å²) in [6.07, 6.45) is 0.566. The molecule has 0 bridgehead atoms. The van der Waals surface area contributed by atoms with Crippen LogP contribution in [0.25, 0.3) is 0 Å². The highest BCUT2D eigenvalue weighted by Crippen LogP contribution is 1.72. The minimum Gasteiger partial charge on any atom is -0.355 e. The fourth-order valence-electron chi connectivity index (χ4n) is 0.754. The number of likely N-dealkylation sites (N-methyl/N-ethyl adjacent to an activating group) is 1. The van der Waals surface area contributed by atoms with Crippen LogP contribution in [-0.4, -0.2) is 39.1 Å². The van der Waals surface area contributed by atoms with Crippen molar-refractivity contribution in [2.45, 2.75) is 13.3 Å². The SMILES string of the molecule is CCC(=O)NCCNCCNC. The monoisotopic (exact) mass is 173 g/mol. The average molecular weight is 173 g/mol. The Morgan fingerprint density at radius 1 is 1.17 bits per heavy atom. The Morgan fingerprint density at radius 3 is 2.42 bits per heavy atom. The van der Waals surface area contributed by atoms with E-state index in [2.05, 4.69) is 16.0 Å². The van der Waals surface area contributed by atoms with E-state index in [0.717, 1.165) is 26.2 Å². The molecule has 0 heterocycles. The predicted octanol–water partition coefficient (Wildman–Crippen LogP) is -0.678. The third-order valence-corrected chi connectivity index (χ3v) is 1.50. The largest absolute Gasteiger partial charge is 0.355 e. The summed E-state index contributed by atoms with van der Waals surface area (Å²) in [6, 6.07) is 0. The van der Waals surface area contributed by atoms with Gasteiger partial charge in [0.05, 0.1) is 0 Å². The molecule has 0 unspecified atom stereocenters. The Morgan fingerprint density at radius 2 is 1.83 bits per heavy atom. The van der Waals surface area contributed by atoms with E-state index in [4.69, 9.17) is 0 Å². The Hall–Kier alpha value is -0.610. The van der Waals surface area contributed by atoms with Crippen LogP contribution in [0.5, 0.6) is 0 Å². The van der Waals surface area contributed by atoms with Gasteiger partial charge in [-0.2, -0.15) is 0 Å². The second kappa shape index (κ2) is 8.49. The molecule has 72 valence electrons. The molecule has 0 aromatic rings. The number of amides is 1. The highest BCUT2D eigenvalue weighted by Gasteiger charge is 1.93. The second-order valence-electron chi connectivity index (χ2n) is 2.56. The van der Waals surface area contributed by atoms with Gasteiger partial charge in [-0.15, -0.1) is 0 Å². The molecule has 0 aliphatic heterocycles. The summed E-state index contributed by atoms with van der Waals surface area (Å²) >= 11 is 0. The first-order valence-electron chi connectivity index (χ1n) is 4.43. The Labute approximate surface area is 74.1 Å². The maximum atomic E-state index is 10.7. The highest BCUT2D eigenvalue weighted by atomic mass is 16.1. The van der Waals surface area contributed by atoms with Crippen LogP contribution in [0.3, 0.4) is 0 Å². The van der Waals surface area contributed by atoms with Crippen LogP contribution in [0.1, 0.15) is 13.3 Å². The molecule has 0 aliphatic carbocycles. The van der Waals surface area contributed by atoms with Gasteiger partial charge in [-0.1, -0.05) is 6.92 Å². The minimum atomic E-state index is 0.116. The normalized spacial score (nSPS) is 9.83. The first-order valence-corrected chi connectivity index (χ1v) is 4.43. The van der Waals surface area contributed by atoms with Crippen LogP contribution in [0.4, 0.5) is 0 Å². The lowest BCUT2D eigenvalue weighted by atomic mass is 10.4. The fourth-order valence-corrected chi connectivity index (χ4v) is 0.754. The summed E-state index contributed by atoms with van der Waals surface area (Å²) in [7, 11) is 1.92. The van der Waals surface area contributed by atoms with Crippen LogP contribution in [0.15, 0.2) is 0 Å². The van der Waals surface area contributed by atoms with E-state index >= 15 is 0 Å². The van der Waals surface area contributed by atoms with Crippen LogP contribution >= 0.6 is 0 Å². The second-order valence-corrected chi connectivity index (χ2v) is 2.56. The summed E-state index contributed by atoms with van der Waals surface area (Å²) in [5.74, 6) is 0.116. The van der Waals surface area contributed by atoms with Gasteiger partial charge in [0.25, 0.3) is 0 Å². The fraction of sp³-hybridized carbons (Fsp3) is 0.875. The number of carbonyl (C=O) groups excluding carboxylic acids is 1.